The number of amides is 3. The van der Waals surface area contributed by atoms with Crippen LogP contribution >= 0.6 is 15.9 Å². The summed E-state index contributed by atoms with van der Waals surface area (Å²) in [4.78, 5) is 36.9. The van der Waals surface area contributed by atoms with Gasteiger partial charge in [-0.2, -0.15) is 0 Å². The number of methoxy groups -OCH3 is 7. The van der Waals surface area contributed by atoms with Crippen molar-refractivity contribution in [2.24, 2.45) is 0 Å². The number of nitrogens with one attached hydrogen (secondary N) is 3. The first-order chi connectivity index (χ1) is 39.2. The number of hydrogen-bond donors (Lipinski definition) is 3. The van der Waals surface area contributed by atoms with Gasteiger partial charge in [0.25, 0.3) is 0 Å². The Morgan fingerprint density at radius 3 is 1.09 bits per heavy atom. The number of carbonyl (C=O) groups excluding carboxylic acids is 3. The van der Waals surface area contributed by atoms with Crippen LogP contribution in [0.3, 0.4) is 0 Å². The minimum absolute atomic E-state index is 0.475. The molecule has 3 aliphatic heterocycles. The maximum Gasteiger partial charge on any atom is 0.412 e. The fourth-order valence-corrected chi connectivity index (χ4v) is 11.2. The fraction of sp³-hybridized carbons (Fsp3) is 0.203. The Morgan fingerprint density at radius 1 is 0.358 bits per heavy atom. The van der Waals surface area contributed by atoms with Crippen LogP contribution < -0.4 is 49.1 Å². The van der Waals surface area contributed by atoms with Crippen molar-refractivity contribution in [3.05, 3.63) is 188 Å². The third kappa shape index (κ3) is 10.4. The number of cyclic esters (lactones) is 3. The average molecular weight is 1160 g/mol. The van der Waals surface area contributed by atoms with E-state index >= 15 is 0 Å². The van der Waals surface area contributed by atoms with Crippen LogP contribution in [0.25, 0.3) is 32.3 Å². The van der Waals surface area contributed by atoms with Crippen LogP contribution in [0.2, 0.25) is 0 Å². The second-order valence-corrected chi connectivity index (χ2v) is 19.9. The van der Waals surface area contributed by atoms with Crippen molar-refractivity contribution >= 4 is 83.6 Å². The van der Waals surface area contributed by atoms with E-state index < -0.39 is 36.6 Å². The molecule has 3 amide bonds. The molecule has 3 unspecified atom stereocenters. The van der Waals surface area contributed by atoms with Crippen molar-refractivity contribution in [3.8, 4) is 40.2 Å². The van der Waals surface area contributed by atoms with Crippen LogP contribution in [-0.2, 0) is 14.2 Å². The highest BCUT2D eigenvalue weighted by atomic mass is 79.9. The monoisotopic (exact) mass is 1160 g/mol. The van der Waals surface area contributed by atoms with Crippen molar-refractivity contribution < 1.29 is 61.8 Å². The average Bonchev–Trinajstić information content (AvgIpc) is 3.62. The molecule has 414 valence electrons. The van der Waals surface area contributed by atoms with Crippen molar-refractivity contribution in [3.63, 3.8) is 0 Å². The predicted molar refractivity (Wildman–Crippen MR) is 315 cm³/mol. The summed E-state index contributed by atoms with van der Waals surface area (Å²) < 4.78 is 56.4. The zero-order valence-electron chi connectivity index (χ0n) is 46.1. The molecule has 0 fully saturated rings. The molecule has 0 bridgehead atoms. The Morgan fingerprint density at radius 2 is 0.679 bits per heavy atom. The maximum atomic E-state index is 12.4. The van der Waals surface area contributed by atoms with E-state index in [4.69, 9.17) is 47.4 Å². The van der Waals surface area contributed by atoms with E-state index in [-0.39, 0.29) is 0 Å². The maximum absolute atomic E-state index is 12.4. The molecule has 81 heavy (non-hydrogen) atoms. The SMILES string of the molecule is COc1cc(C2OC(=O)Nc3c2cc(Br)c2ccccc32)cc(OC)c1C.COc1cc(C2OC(=O)Nc3c2cc(OC)c2ccccc32)cc(OC)c1C.COc1cc(C2OC(=O)Nc3c2ccc2ccccc32)cc(OC)c1C. The van der Waals surface area contributed by atoms with Gasteiger partial charge in [-0.05, 0) is 80.1 Å². The highest BCUT2D eigenvalue weighted by Gasteiger charge is 2.34. The first kappa shape index (κ1) is 55.0. The molecule has 12 rings (SSSR count). The van der Waals surface area contributed by atoms with E-state index in [0.717, 1.165) is 104 Å². The lowest BCUT2D eigenvalue weighted by Crippen LogP contribution is -2.25. The van der Waals surface area contributed by atoms with Crippen LogP contribution in [-0.4, -0.2) is 68.0 Å². The molecular weight excluding hydrogens is 1100 g/mol. The smallest absolute Gasteiger partial charge is 0.412 e. The summed E-state index contributed by atoms with van der Waals surface area (Å²) in [5.41, 5.74) is 9.85. The second kappa shape index (κ2) is 23.2. The van der Waals surface area contributed by atoms with Crippen molar-refractivity contribution in [2.75, 3.05) is 65.7 Å². The summed E-state index contributed by atoms with van der Waals surface area (Å²) in [6.45, 7) is 5.77. The molecule has 0 radical (unpaired) electrons. The highest BCUT2D eigenvalue weighted by molar-refractivity contribution is 9.10. The number of halogens is 1. The van der Waals surface area contributed by atoms with E-state index in [0.29, 0.717) is 40.2 Å². The molecule has 3 N–H and O–H groups in total. The molecule has 0 aromatic heterocycles. The standard InChI is InChI=1S/C22H21NO5.C21H18BrNO4.C21H19NO4/c1-12-17(25-2)9-13(10-18(12)26-3)21-16-11-19(27-4)14-7-5-6-8-15(14)20(16)23-22(24)28-21;1-11-17(25-2)8-12(9-18(11)26-3)20-15-10-16(22)13-6-4-5-7-14(13)19(15)23-21(24)27-20;1-12-17(24-2)10-14(11-18(12)25-3)20-16-9-8-13-6-4-5-7-15(13)19(16)22-21(23)26-20/h5-11,21H,1-4H3,(H,23,24);4-10,20H,1-3H3,(H,23,24);4-11,20H,1-3H3,(H,22,23). The molecule has 0 spiro atoms. The van der Waals surface area contributed by atoms with Crippen LogP contribution in [0.1, 0.15) is 68.4 Å². The Balaban J connectivity index is 0.000000136. The van der Waals surface area contributed by atoms with Crippen LogP contribution in [0.15, 0.2) is 138 Å². The molecular formula is C64H58BrN3O13. The minimum atomic E-state index is -0.620. The third-order valence-electron chi connectivity index (χ3n) is 14.7. The van der Waals surface area contributed by atoms with E-state index in [1.807, 2.05) is 154 Å². The highest BCUT2D eigenvalue weighted by Crippen LogP contribution is 2.48. The van der Waals surface area contributed by atoms with Gasteiger partial charge in [0.05, 0.1) is 66.8 Å². The normalized spacial score (nSPS) is 15.6. The van der Waals surface area contributed by atoms with Gasteiger partial charge in [-0.1, -0.05) is 101 Å². The first-order valence-corrected chi connectivity index (χ1v) is 26.4. The molecule has 0 aliphatic carbocycles. The van der Waals surface area contributed by atoms with Gasteiger partial charge in [0.15, 0.2) is 18.3 Å². The van der Waals surface area contributed by atoms with Crippen LogP contribution in [0.4, 0.5) is 31.4 Å². The number of ether oxygens (including phenoxy) is 10. The summed E-state index contributed by atoms with van der Waals surface area (Å²) in [5, 5.41) is 14.4. The Labute approximate surface area is 476 Å². The second-order valence-electron chi connectivity index (χ2n) is 19.1. The van der Waals surface area contributed by atoms with E-state index in [9.17, 15) is 14.4 Å². The van der Waals surface area contributed by atoms with Crippen molar-refractivity contribution in [2.45, 2.75) is 39.1 Å². The lowest BCUT2D eigenvalue weighted by molar-refractivity contribution is 0.125. The number of fused-ring (bicyclic) bond motifs is 9. The molecule has 9 aromatic carbocycles. The summed E-state index contributed by atoms with van der Waals surface area (Å²) in [5.74, 6) is 4.79. The minimum Gasteiger partial charge on any atom is -0.496 e. The Bertz CT molecular complexity index is 3880. The number of rotatable bonds is 10. The number of anilines is 3. The van der Waals surface area contributed by atoms with E-state index in [1.165, 1.54) is 0 Å². The number of carbonyl (C=O) groups is 3. The molecule has 3 atom stereocenters. The van der Waals surface area contributed by atoms with Gasteiger partial charge in [0, 0.05) is 76.1 Å². The number of hydrogen-bond acceptors (Lipinski definition) is 13. The summed E-state index contributed by atoms with van der Waals surface area (Å²) in [7, 11) is 11.3. The van der Waals surface area contributed by atoms with Gasteiger partial charge in [-0.25, -0.2) is 14.4 Å². The van der Waals surface area contributed by atoms with E-state index in [2.05, 4.69) is 31.9 Å². The summed E-state index contributed by atoms with van der Waals surface area (Å²) in [6.07, 6.45) is -3.20. The fourth-order valence-electron chi connectivity index (χ4n) is 10.6. The lowest BCUT2D eigenvalue weighted by Gasteiger charge is -2.29. The lowest BCUT2D eigenvalue weighted by atomic mass is 9.93. The largest absolute Gasteiger partial charge is 0.496 e. The topological polar surface area (TPSA) is 180 Å². The molecule has 3 aliphatic rings. The number of benzene rings is 9. The first-order valence-electron chi connectivity index (χ1n) is 25.7. The molecule has 0 saturated carbocycles. The molecule has 3 heterocycles. The van der Waals surface area contributed by atoms with Gasteiger partial charge in [-0.15, -0.1) is 0 Å². The molecule has 9 aromatic rings. The molecule has 0 saturated heterocycles. The Kier molecular flexibility index (Phi) is 15.7. The quantitative estimate of drug-likeness (QED) is 0.110. The van der Waals surface area contributed by atoms with Gasteiger partial charge < -0.3 is 47.4 Å². The summed E-state index contributed by atoms with van der Waals surface area (Å²) >= 11 is 3.64. The van der Waals surface area contributed by atoms with Gasteiger partial charge in [-0.3, -0.25) is 16.0 Å². The van der Waals surface area contributed by atoms with E-state index in [1.54, 1.807) is 49.8 Å². The molecule has 16 nitrogen and oxygen atoms in total. The van der Waals surface area contributed by atoms with Crippen LogP contribution in [0, 0.1) is 20.8 Å². The zero-order valence-corrected chi connectivity index (χ0v) is 47.7. The van der Waals surface area contributed by atoms with Gasteiger partial charge in [0.2, 0.25) is 0 Å². The van der Waals surface area contributed by atoms with Crippen LogP contribution in [0.5, 0.6) is 40.2 Å². The van der Waals surface area contributed by atoms with Gasteiger partial charge >= 0.3 is 18.3 Å². The predicted octanol–water partition coefficient (Wildman–Crippen LogP) is 15.2. The van der Waals surface area contributed by atoms with Gasteiger partial charge in [0.1, 0.15) is 40.2 Å². The third-order valence-corrected chi connectivity index (χ3v) is 15.3. The summed E-state index contributed by atoms with van der Waals surface area (Å²) in [6, 6.07) is 42.8. The Hall–Kier alpha value is -9.35. The zero-order chi connectivity index (χ0) is 57.2. The molecule has 17 heteroatoms. The van der Waals surface area contributed by atoms with Crippen molar-refractivity contribution in [1.29, 1.82) is 0 Å². The van der Waals surface area contributed by atoms with Crippen molar-refractivity contribution in [1.82, 2.24) is 0 Å².